The van der Waals surface area contributed by atoms with Crippen LogP contribution in [-0.2, 0) is 19.1 Å². The predicted molar refractivity (Wildman–Crippen MR) is 100 cm³/mol. The van der Waals surface area contributed by atoms with Crippen LogP contribution in [-0.4, -0.2) is 48.5 Å². The van der Waals surface area contributed by atoms with Crippen molar-refractivity contribution in [3.05, 3.63) is 29.3 Å². The van der Waals surface area contributed by atoms with Crippen molar-refractivity contribution in [3.8, 4) is 5.75 Å². The standard InChI is InChI=1S/C20H28N2O5/c1-13(2)16-8-7-15(10-14(16)3)26-12-19(24)27-11-18(23)22-9-5-4-6-17(22)20(21)25/h7-8,10,13,17H,4-6,9,11-12H2,1-3H3,(H2,21,25)/t17-/m0/s1. The van der Waals surface area contributed by atoms with Crippen LogP contribution < -0.4 is 10.5 Å². The third-order valence-corrected chi connectivity index (χ3v) is 4.73. The summed E-state index contributed by atoms with van der Waals surface area (Å²) in [4.78, 5) is 37.0. The highest BCUT2D eigenvalue weighted by molar-refractivity contribution is 5.88. The monoisotopic (exact) mass is 376 g/mol. The molecular weight excluding hydrogens is 348 g/mol. The van der Waals surface area contributed by atoms with E-state index in [1.165, 1.54) is 10.5 Å². The lowest BCUT2D eigenvalue weighted by molar-refractivity contribution is -0.156. The third-order valence-electron chi connectivity index (χ3n) is 4.73. The molecule has 7 nitrogen and oxygen atoms in total. The van der Waals surface area contributed by atoms with Gasteiger partial charge in [0.2, 0.25) is 5.91 Å². The molecule has 0 spiro atoms. The van der Waals surface area contributed by atoms with E-state index in [1.54, 1.807) is 0 Å². The Kier molecular flexibility index (Phi) is 7.21. The Bertz CT molecular complexity index is 702. The lowest BCUT2D eigenvalue weighted by atomic mass is 9.98. The van der Waals surface area contributed by atoms with Gasteiger partial charge in [-0.15, -0.1) is 0 Å². The van der Waals surface area contributed by atoms with Gasteiger partial charge in [-0.05, 0) is 55.4 Å². The number of hydrogen-bond donors (Lipinski definition) is 1. The van der Waals surface area contributed by atoms with Gasteiger partial charge < -0.3 is 20.1 Å². The fourth-order valence-electron chi connectivity index (χ4n) is 3.32. The molecule has 148 valence electrons. The normalized spacial score (nSPS) is 16.9. The average Bonchev–Trinajstić information content (AvgIpc) is 2.64. The molecule has 1 fully saturated rings. The van der Waals surface area contributed by atoms with E-state index in [2.05, 4.69) is 13.8 Å². The number of piperidine rings is 1. The Morgan fingerprint density at radius 2 is 1.96 bits per heavy atom. The molecule has 0 saturated carbocycles. The minimum Gasteiger partial charge on any atom is -0.482 e. The summed E-state index contributed by atoms with van der Waals surface area (Å²) >= 11 is 0. The molecule has 0 aromatic heterocycles. The summed E-state index contributed by atoms with van der Waals surface area (Å²) in [5.41, 5.74) is 7.66. The fraction of sp³-hybridized carbons (Fsp3) is 0.550. The first-order chi connectivity index (χ1) is 12.8. The van der Waals surface area contributed by atoms with Gasteiger partial charge in [0.15, 0.2) is 13.2 Å². The van der Waals surface area contributed by atoms with E-state index < -0.39 is 30.4 Å². The van der Waals surface area contributed by atoms with Crippen molar-refractivity contribution in [1.29, 1.82) is 0 Å². The van der Waals surface area contributed by atoms with Crippen molar-refractivity contribution < 1.29 is 23.9 Å². The zero-order chi connectivity index (χ0) is 20.0. The number of esters is 1. The van der Waals surface area contributed by atoms with E-state index in [0.717, 1.165) is 18.4 Å². The summed E-state index contributed by atoms with van der Waals surface area (Å²) in [6.07, 6.45) is 2.20. The number of primary amides is 1. The molecule has 2 rings (SSSR count). The first-order valence-electron chi connectivity index (χ1n) is 9.27. The molecule has 0 unspecified atom stereocenters. The molecule has 1 aromatic carbocycles. The number of nitrogens with two attached hydrogens (primary N) is 1. The molecule has 1 aromatic rings. The van der Waals surface area contributed by atoms with E-state index >= 15 is 0 Å². The largest absolute Gasteiger partial charge is 0.482 e. The van der Waals surface area contributed by atoms with Gasteiger partial charge >= 0.3 is 5.97 Å². The quantitative estimate of drug-likeness (QED) is 0.733. The van der Waals surface area contributed by atoms with Crippen molar-refractivity contribution in [1.82, 2.24) is 4.90 Å². The minimum atomic E-state index is -0.637. The van der Waals surface area contributed by atoms with Crippen molar-refractivity contribution >= 4 is 17.8 Å². The summed E-state index contributed by atoms with van der Waals surface area (Å²) in [6, 6.07) is 5.04. The van der Waals surface area contributed by atoms with Gasteiger partial charge in [-0.1, -0.05) is 19.9 Å². The number of carbonyl (C=O) groups is 3. The molecule has 0 radical (unpaired) electrons. The minimum absolute atomic E-state index is 0.285. The molecule has 1 saturated heterocycles. The summed E-state index contributed by atoms with van der Waals surface area (Å²) in [5, 5.41) is 0. The average molecular weight is 376 g/mol. The second-order valence-electron chi connectivity index (χ2n) is 7.12. The molecular formula is C20H28N2O5. The van der Waals surface area contributed by atoms with Crippen LogP contribution in [0.25, 0.3) is 0 Å². The number of aryl methyl sites for hydroxylation is 1. The number of carbonyl (C=O) groups excluding carboxylic acids is 3. The maximum Gasteiger partial charge on any atom is 0.344 e. The van der Waals surface area contributed by atoms with E-state index in [9.17, 15) is 14.4 Å². The maximum atomic E-state index is 12.2. The van der Waals surface area contributed by atoms with Crippen LogP contribution in [0.5, 0.6) is 5.75 Å². The number of likely N-dealkylation sites (tertiary alicyclic amines) is 1. The van der Waals surface area contributed by atoms with Crippen LogP contribution >= 0.6 is 0 Å². The van der Waals surface area contributed by atoms with E-state index in [4.69, 9.17) is 15.2 Å². The molecule has 1 atom stereocenters. The van der Waals surface area contributed by atoms with Crippen LogP contribution in [0.2, 0.25) is 0 Å². The topological polar surface area (TPSA) is 98.9 Å². The third kappa shape index (κ3) is 5.70. The Morgan fingerprint density at radius 1 is 1.22 bits per heavy atom. The molecule has 0 aliphatic carbocycles. The summed E-state index contributed by atoms with van der Waals surface area (Å²) in [6.45, 7) is 5.96. The van der Waals surface area contributed by atoms with Gasteiger partial charge in [0.25, 0.3) is 5.91 Å². The Labute approximate surface area is 159 Å². The lowest BCUT2D eigenvalue weighted by Gasteiger charge is -2.33. The number of hydrogen-bond acceptors (Lipinski definition) is 5. The molecule has 2 N–H and O–H groups in total. The summed E-state index contributed by atoms with van der Waals surface area (Å²) in [5.74, 6) is -0.595. The first kappa shape index (κ1) is 20.7. The number of rotatable bonds is 7. The van der Waals surface area contributed by atoms with Crippen LogP contribution in [0.3, 0.4) is 0 Å². The van der Waals surface area contributed by atoms with Gasteiger partial charge in [0.05, 0.1) is 0 Å². The lowest BCUT2D eigenvalue weighted by Crippen LogP contribution is -2.51. The highest BCUT2D eigenvalue weighted by atomic mass is 16.6. The van der Waals surface area contributed by atoms with Crippen LogP contribution in [0.15, 0.2) is 18.2 Å². The van der Waals surface area contributed by atoms with E-state index in [1.807, 2.05) is 25.1 Å². The highest BCUT2D eigenvalue weighted by Gasteiger charge is 2.30. The summed E-state index contributed by atoms with van der Waals surface area (Å²) in [7, 11) is 0. The van der Waals surface area contributed by atoms with Crippen molar-refractivity contribution in [3.63, 3.8) is 0 Å². The molecule has 0 bridgehead atoms. The van der Waals surface area contributed by atoms with Gasteiger partial charge in [-0.25, -0.2) is 4.79 Å². The summed E-state index contributed by atoms with van der Waals surface area (Å²) < 4.78 is 10.4. The number of benzene rings is 1. The van der Waals surface area contributed by atoms with Gasteiger partial charge in [0, 0.05) is 6.54 Å². The van der Waals surface area contributed by atoms with Crippen LogP contribution in [0.1, 0.15) is 50.2 Å². The van der Waals surface area contributed by atoms with Gasteiger partial charge in [-0.2, -0.15) is 0 Å². The molecule has 1 aliphatic heterocycles. The second-order valence-corrected chi connectivity index (χ2v) is 7.12. The number of amides is 2. The number of nitrogens with zero attached hydrogens (tertiary/aromatic N) is 1. The molecule has 27 heavy (non-hydrogen) atoms. The molecule has 1 heterocycles. The van der Waals surface area contributed by atoms with Gasteiger partial charge in [-0.3, -0.25) is 9.59 Å². The van der Waals surface area contributed by atoms with E-state index in [-0.39, 0.29) is 6.61 Å². The van der Waals surface area contributed by atoms with Crippen molar-refractivity contribution in [2.24, 2.45) is 5.73 Å². The van der Waals surface area contributed by atoms with Gasteiger partial charge in [0.1, 0.15) is 11.8 Å². The zero-order valence-corrected chi connectivity index (χ0v) is 16.2. The first-order valence-corrected chi connectivity index (χ1v) is 9.27. The molecule has 2 amide bonds. The maximum absolute atomic E-state index is 12.2. The SMILES string of the molecule is Cc1cc(OCC(=O)OCC(=O)N2CCCC[C@H]2C(N)=O)ccc1C(C)C. The fourth-order valence-corrected chi connectivity index (χ4v) is 3.32. The van der Waals surface area contributed by atoms with Crippen LogP contribution in [0.4, 0.5) is 0 Å². The predicted octanol–water partition coefficient (Wildman–Crippen LogP) is 1.91. The highest BCUT2D eigenvalue weighted by Crippen LogP contribution is 2.23. The Hall–Kier alpha value is -2.57. The smallest absolute Gasteiger partial charge is 0.344 e. The van der Waals surface area contributed by atoms with Crippen LogP contribution in [0, 0.1) is 6.92 Å². The zero-order valence-electron chi connectivity index (χ0n) is 16.2. The second kappa shape index (κ2) is 9.39. The molecule has 1 aliphatic rings. The Balaban J connectivity index is 1.81. The number of ether oxygens (including phenoxy) is 2. The van der Waals surface area contributed by atoms with E-state index in [0.29, 0.717) is 24.6 Å². The molecule has 7 heteroatoms. The van der Waals surface area contributed by atoms with Crippen molar-refractivity contribution in [2.75, 3.05) is 19.8 Å². The van der Waals surface area contributed by atoms with Crippen molar-refractivity contribution in [2.45, 2.75) is 52.0 Å². The Morgan fingerprint density at radius 3 is 2.59 bits per heavy atom.